The van der Waals surface area contributed by atoms with Crippen LogP contribution in [-0.2, 0) is 0 Å². The summed E-state index contributed by atoms with van der Waals surface area (Å²) in [5.41, 5.74) is 0. The second kappa shape index (κ2) is 3.55. The molecule has 0 aliphatic heterocycles. The van der Waals surface area contributed by atoms with E-state index in [1.54, 1.807) is 11.3 Å². The third-order valence-electron chi connectivity index (χ3n) is 1.58. The number of thiophene rings is 1. The van der Waals surface area contributed by atoms with E-state index in [4.69, 9.17) is 0 Å². The molecule has 0 bridgehead atoms. The van der Waals surface area contributed by atoms with E-state index in [1.165, 1.54) is 22.6 Å². The van der Waals surface area contributed by atoms with Crippen molar-refractivity contribution in [1.29, 1.82) is 0 Å². The molecule has 0 saturated carbocycles. The third kappa shape index (κ3) is 1.47. The van der Waals surface area contributed by atoms with Crippen molar-refractivity contribution in [3.8, 4) is 0 Å². The van der Waals surface area contributed by atoms with Crippen LogP contribution in [0.25, 0.3) is 10.1 Å². The summed E-state index contributed by atoms with van der Waals surface area (Å²) in [6.45, 7) is 0. The van der Waals surface area contributed by atoms with Gasteiger partial charge < -0.3 is 0 Å². The molecule has 0 fully saturated rings. The maximum Gasteiger partial charge on any atom is 0.0507 e. The molecule has 62 valence electrons. The molecule has 1 heterocycles. The van der Waals surface area contributed by atoms with Crippen LogP contribution in [0.5, 0.6) is 0 Å². The zero-order valence-electron chi connectivity index (χ0n) is 5.77. The summed E-state index contributed by atoms with van der Waals surface area (Å²) in [5.74, 6) is 0. The molecule has 0 spiro atoms. The first-order valence-corrected chi connectivity index (χ1v) is 6.75. The highest BCUT2D eigenvalue weighted by molar-refractivity contribution is 14.1. The minimum Gasteiger partial charge on any atom is -0.141 e. The van der Waals surface area contributed by atoms with Crippen LogP contribution in [-0.4, -0.2) is 0 Å². The van der Waals surface area contributed by atoms with Crippen LogP contribution in [0.4, 0.5) is 0 Å². The lowest BCUT2D eigenvalue weighted by Gasteiger charge is -1.96. The summed E-state index contributed by atoms with van der Waals surface area (Å²) in [6.07, 6.45) is 0. The molecule has 2 aromatic rings. The topological polar surface area (TPSA) is 0 Å². The van der Waals surface area contributed by atoms with Crippen LogP contribution in [0, 0.1) is 3.57 Å². The highest BCUT2D eigenvalue weighted by Crippen LogP contribution is 2.37. The molecule has 2 rings (SSSR count). The summed E-state index contributed by atoms with van der Waals surface area (Å²) in [6, 6.07) is 4.14. The average Bonchev–Trinajstić information content (AvgIpc) is 2.42. The van der Waals surface area contributed by atoms with Crippen LogP contribution in [0.1, 0.15) is 0 Å². The Balaban J connectivity index is 2.98. The molecule has 12 heavy (non-hydrogen) atoms. The zero-order valence-corrected chi connectivity index (χ0v) is 11.9. The first-order valence-electron chi connectivity index (χ1n) is 3.21. The van der Waals surface area contributed by atoms with Crippen LogP contribution in [0.3, 0.4) is 0 Å². The molecule has 0 unspecified atom stereocenters. The monoisotopic (exact) mass is 416 g/mol. The summed E-state index contributed by atoms with van der Waals surface area (Å²) in [7, 11) is 0. The van der Waals surface area contributed by atoms with Crippen molar-refractivity contribution in [3.63, 3.8) is 0 Å². The lowest BCUT2D eigenvalue weighted by atomic mass is 10.3. The highest BCUT2D eigenvalue weighted by Gasteiger charge is 2.07. The van der Waals surface area contributed by atoms with Crippen LogP contribution >= 0.6 is 65.8 Å². The summed E-state index contributed by atoms with van der Waals surface area (Å²) >= 11 is 11.2. The van der Waals surface area contributed by atoms with Gasteiger partial charge in [-0.15, -0.1) is 11.3 Å². The van der Waals surface area contributed by atoms with Crippen molar-refractivity contribution in [2.75, 3.05) is 0 Å². The predicted octanol–water partition coefficient (Wildman–Crippen LogP) is 5.03. The van der Waals surface area contributed by atoms with E-state index in [0.29, 0.717) is 0 Å². The van der Waals surface area contributed by atoms with Gasteiger partial charge in [0.1, 0.15) is 0 Å². The lowest BCUT2D eigenvalue weighted by molar-refractivity contribution is 1.73. The maximum absolute atomic E-state index is 3.54. The minimum absolute atomic E-state index is 1.17. The molecule has 1 aromatic carbocycles. The lowest BCUT2D eigenvalue weighted by Crippen LogP contribution is -1.71. The molecule has 4 heteroatoms. The fourth-order valence-corrected chi connectivity index (χ4v) is 4.68. The van der Waals surface area contributed by atoms with Crippen molar-refractivity contribution in [2.24, 2.45) is 0 Å². The average molecular weight is 418 g/mol. The fraction of sp³-hybridized carbons (Fsp3) is 0. The molecule has 0 aliphatic carbocycles. The van der Waals surface area contributed by atoms with E-state index in [1.807, 2.05) is 0 Å². The Morgan fingerprint density at radius 3 is 2.50 bits per heavy atom. The van der Waals surface area contributed by atoms with Gasteiger partial charge in [-0.05, 0) is 50.7 Å². The van der Waals surface area contributed by atoms with E-state index in [2.05, 4.69) is 72.0 Å². The van der Waals surface area contributed by atoms with E-state index >= 15 is 0 Å². The van der Waals surface area contributed by atoms with Crippen molar-refractivity contribution in [1.82, 2.24) is 0 Å². The highest BCUT2D eigenvalue weighted by atomic mass is 127. The Morgan fingerprint density at radius 1 is 1.17 bits per heavy atom. The second-order valence-electron chi connectivity index (χ2n) is 2.32. The molecule has 0 amide bonds. The Kier molecular flexibility index (Phi) is 2.79. The largest absolute Gasteiger partial charge is 0.141 e. The number of rotatable bonds is 0. The molecular weight excluding hydrogens is 415 g/mol. The molecule has 0 N–H and O–H groups in total. The quantitative estimate of drug-likeness (QED) is 0.527. The van der Waals surface area contributed by atoms with Crippen molar-refractivity contribution >= 4 is 75.9 Å². The number of hydrogen-bond acceptors (Lipinski definition) is 1. The van der Waals surface area contributed by atoms with Crippen molar-refractivity contribution < 1.29 is 0 Å². The van der Waals surface area contributed by atoms with Gasteiger partial charge in [0.2, 0.25) is 0 Å². The van der Waals surface area contributed by atoms with E-state index in [0.717, 1.165) is 0 Å². The number of hydrogen-bond donors (Lipinski definition) is 0. The van der Waals surface area contributed by atoms with Gasteiger partial charge in [-0.25, -0.2) is 0 Å². The third-order valence-corrected chi connectivity index (χ3v) is 5.45. The second-order valence-corrected chi connectivity index (χ2v) is 6.07. The molecule has 1 aromatic heterocycles. The van der Waals surface area contributed by atoms with Crippen molar-refractivity contribution in [2.45, 2.75) is 0 Å². The van der Waals surface area contributed by atoms with E-state index in [9.17, 15) is 0 Å². The summed E-state index contributed by atoms with van der Waals surface area (Å²) < 4.78 is 4.97. The minimum atomic E-state index is 1.17. The van der Waals surface area contributed by atoms with Gasteiger partial charge in [-0.3, -0.25) is 0 Å². The molecule has 0 radical (unpaired) electrons. The Bertz CT molecular complexity index is 436. The summed E-state index contributed by atoms with van der Waals surface area (Å²) in [4.78, 5) is 0. The molecule has 0 nitrogen and oxygen atoms in total. The first-order chi connectivity index (χ1) is 5.70. The van der Waals surface area contributed by atoms with Gasteiger partial charge in [0.05, 0.1) is 4.70 Å². The zero-order chi connectivity index (χ0) is 8.72. The van der Waals surface area contributed by atoms with Gasteiger partial charge in [-0.2, -0.15) is 0 Å². The SMILES string of the molecule is Brc1ccc(Br)c2c(I)csc12. The normalized spacial score (nSPS) is 10.9. The van der Waals surface area contributed by atoms with Gasteiger partial charge in [0.15, 0.2) is 0 Å². The Hall–Kier alpha value is 0.870. The van der Waals surface area contributed by atoms with Crippen molar-refractivity contribution in [3.05, 3.63) is 30.0 Å². The molecular formula is C8H3Br2IS. The van der Waals surface area contributed by atoms with Gasteiger partial charge in [-0.1, -0.05) is 15.9 Å². The van der Waals surface area contributed by atoms with Gasteiger partial charge in [0.25, 0.3) is 0 Å². The number of halogens is 3. The van der Waals surface area contributed by atoms with E-state index < -0.39 is 0 Å². The number of fused-ring (bicyclic) bond motifs is 1. The summed E-state index contributed by atoms with van der Waals surface area (Å²) in [5, 5.41) is 3.48. The molecule has 0 saturated heterocycles. The maximum atomic E-state index is 3.54. The van der Waals surface area contributed by atoms with Gasteiger partial charge in [0, 0.05) is 23.3 Å². The van der Waals surface area contributed by atoms with Gasteiger partial charge >= 0.3 is 0 Å². The smallest absolute Gasteiger partial charge is 0.0507 e. The molecule has 0 atom stereocenters. The standard InChI is InChI=1S/C8H3Br2IS/c9-4-1-2-5(10)8-7(4)6(11)3-12-8/h1-3H. The predicted molar refractivity (Wildman–Crippen MR) is 69.9 cm³/mol. The Labute approximate surface area is 105 Å². The fourth-order valence-electron chi connectivity index (χ4n) is 1.04. The van der Waals surface area contributed by atoms with Crippen LogP contribution < -0.4 is 0 Å². The Morgan fingerprint density at radius 2 is 1.83 bits per heavy atom. The number of benzene rings is 1. The molecule has 0 aliphatic rings. The first kappa shape index (κ1) is 9.43. The van der Waals surface area contributed by atoms with Crippen LogP contribution in [0.15, 0.2) is 26.5 Å². The van der Waals surface area contributed by atoms with Crippen LogP contribution in [0.2, 0.25) is 0 Å². The van der Waals surface area contributed by atoms with E-state index in [-0.39, 0.29) is 0 Å².